The molecule has 2 aromatic rings. The van der Waals surface area contributed by atoms with Crippen molar-refractivity contribution in [1.29, 1.82) is 0 Å². The van der Waals surface area contributed by atoms with Crippen molar-refractivity contribution in [3.63, 3.8) is 0 Å². The highest BCUT2D eigenvalue weighted by molar-refractivity contribution is 9.09. The van der Waals surface area contributed by atoms with Crippen LogP contribution in [0.25, 0.3) is 10.8 Å². The van der Waals surface area contributed by atoms with Crippen LogP contribution in [-0.4, -0.2) is 17.3 Å². The van der Waals surface area contributed by atoms with Crippen LogP contribution in [0.2, 0.25) is 0 Å². The first kappa shape index (κ1) is 14.1. The van der Waals surface area contributed by atoms with E-state index >= 15 is 0 Å². The summed E-state index contributed by atoms with van der Waals surface area (Å²) in [5.74, 6) is 0.0780. The zero-order valence-corrected chi connectivity index (χ0v) is 12.6. The van der Waals surface area contributed by atoms with E-state index in [2.05, 4.69) is 46.4 Å². The summed E-state index contributed by atoms with van der Waals surface area (Å²) in [6.45, 7) is 2.77. The van der Waals surface area contributed by atoms with Gasteiger partial charge in [-0.2, -0.15) is 0 Å². The monoisotopic (exact) mass is 319 g/mol. The molecule has 0 aliphatic rings. The Morgan fingerprint density at radius 3 is 2.74 bits per heavy atom. The highest BCUT2D eigenvalue weighted by Crippen LogP contribution is 2.18. The average Bonchev–Trinajstić information content (AvgIpc) is 2.45. The molecule has 0 bridgehead atoms. The van der Waals surface area contributed by atoms with Gasteiger partial charge in [0.2, 0.25) is 5.91 Å². The van der Waals surface area contributed by atoms with Gasteiger partial charge in [0.25, 0.3) is 0 Å². The maximum Gasteiger partial charge on any atom is 0.224 e. The summed E-state index contributed by atoms with van der Waals surface area (Å²) in [7, 11) is 0. The van der Waals surface area contributed by atoms with Crippen molar-refractivity contribution < 1.29 is 4.79 Å². The van der Waals surface area contributed by atoms with Gasteiger partial charge in [0.1, 0.15) is 0 Å². The number of nitrogens with one attached hydrogen (secondary N) is 1. The molecule has 0 fully saturated rings. The van der Waals surface area contributed by atoms with Crippen LogP contribution in [0.4, 0.5) is 0 Å². The lowest BCUT2D eigenvalue weighted by molar-refractivity contribution is -0.120. The number of benzene rings is 2. The Morgan fingerprint density at radius 2 is 1.95 bits per heavy atom. The van der Waals surface area contributed by atoms with Gasteiger partial charge in [0.15, 0.2) is 0 Å². The van der Waals surface area contributed by atoms with Crippen molar-refractivity contribution in [2.75, 3.05) is 6.54 Å². The molecule has 0 heterocycles. The number of amides is 1. The molecule has 1 unspecified atom stereocenters. The van der Waals surface area contributed by atoms with Crippen LogP contribution < -0.4 is 5.32 Å². The minimum absolute atomic E-state index is 0.0780. The van der Waals surface area contributed by atoms with Crippen molar-refractivity contribution in [3.8, 4) is 0 Å². The van der Waals surface area contributed by atoms with Crippen LogP contribution in [0.5, 0.6) is 0 Å². The van der Waals surface area contributed by atoms with E-state index in [0.717, 1.165) is 17.4 Å². The minimum Gasteiger partial charge on any atom is -0.355 e. The number of hydrogen-bond acceptors (Lipinski definition) is 1. The lowest BCUT2D eigenvalue weighted by Crippen LogP contribution is -2.30. The molecule has 3 heteroatoms. The Labute approximate surface area is 122 Å². The zero-order valence-electron chi connectivity index (χ0n) is 11.0. The standard InChI is InChI=1S/C16H18BrNO/c1-2-14(17)11-18-16(19)10-13-8-5-7-12-6-3-4-9-15(12)13/h3-9,14H,2,10-11H2,1H3,(H,18,19). The third-order valence-corrected chi connectivity index (χ3v) is 4.17. The number of carbonyl (C=O) groups excluding carboxylic acids is 1. The molecule has 0 aliphatic heterocycles. The van der Waals surface area contributed by atoms with Crippen molar-refractivity contribution in [3.05, 3.63) is 48.0 Å². The first-order valence-electron chi connectivity index (χ1n) is 6.58. The van der Waals surface area contributed by atoms with Gasteiger partial charge in [-0.25, -0.2) is 0 Å². The van der Waals surface area contributed by atoms with E-state index in [9.17, 15) is 4.79 Å². The Kier molecular flexibility index (Phi) is 4.97. The molecule has 0 radical (unpaired) electrons. The quantitative estimate of drug-likeness (QED) is 0.837. The van der Waals surface area contributed by atoms with E-state index in [1.807, 2.05) is 24.3 Å². The van der Waals surface area contributed by atoms with E-state index in [1.165, 1.54) is 5.39 Å². The third-order valence-electron chi connectivity index (χ3n) is 3.19. The second kappa shape index (κ2) is 6.71. The maximum absolute atomic E-state index is 11.9. The maximum atomic E-state index is 11.9. The highest BCUT2D eigenvalue weighted by atomic mass is 79.9. The van der Waals surface area contributed by atoms with Crippen molar-refractivity contribution in [1.82, 2.24) is 5.32 Å². The highest BCUT2D eigenvalue weighted by Gasteiger charge is 2.08. The topological polar surface area (TPSA) is 29.1 Å². The van der Waals surface area contributed by atoms with Crippen molar-refractivity contribution in [2.24, 2.45) is 0 Å². The lowest BCUT2D eigenvalue weighted by atomic mass is 10.0. The summed E-state index contributed by atoms with van der Waals surface area (Å²) in [5.41, 5.74) is 1.08. The molecule has 2 rings (SSSR count). The Bertz CT molecular complexity index is 562. The fraction of sp³-hybridized carbons (Fsp3) is 0.312. The molecule has 0 aromatic heterocycles. The Balaban J connectivity index is 2.07. The molecular weight excluding hydrogens is 302 g/mol. The van der Waals surface area contributed by atoms with Crippen LogP contribution in [0, 0.1) is 0 Å². The van der Waals surface area contributed by atoms with Gasteiger partial charge in [-0.1, -0.05) is 65.3 Å². The largest absolute Gasteiger partial charge is 0.355 e. The molecule has 0 aliphatic carbocycles. The fourth-order valence-electron chi connectivity index (χ4n) is 2.05. The second-order valence-electron chi connectivity index (χ2n) is 4.62. The molecule has 0 spiro atoms. The second-order valence-corrected chi connectivity index (χ2v) is 5.92. The van der Waals surface area contributed by atoms with Crippen LogP contribution in [0.3, 0.4) is 0 Å². The molecule has 1 N–H and O–H groups in total. The zero-order chi connectivity index (χ0) is 13.7. The SMILES string of the molecule is CCC(Br)CNC(=O)Cc1cccc2ccccc12. The lowest BCUT2D eigenvalue weighted by Gasteiger charge is -2.10. The van der Waals surface area contributed by atoms with E-state index in [-0.39, 0.29) is 5.91 Å². The van der Waals surface area contributed by atoms with E-state index in [0.29, 0.717) is 17.8 Å². The van der Waals surface area contributed by atoms with Crippen LogP contribution in [-0.2, 0) is 11.2 Å². The summed E-state index contributed by atoms with van der Waals surface area (Å²) in [6.07, 6.45) is 1.44. The number of fused-ring (bicyclic) bond motifs is 1. The van der Waals surface area contributed by atoms with Gasteiger partial charge < -0.3 is 5.32 Å². The van der Waals surface area contributed by atoms with Crippen LogP contribution >= 0.6 is 15.9 Å². The van der Waals surface area contributed by atoms with Gasteiger partial charge in [-0.05, 0) is 22.8 Å². The van der Waals surface area contributed by atoms with Gasteiger partial charge in [0.05, 0.1) is 6.42 Å². The smallest absolute Gasteiger partial charge is 0.224 e. The molecule has 100 valence electrons. The Morgan fingerprint density at radius 1 is 1.21 bits per heavy atom. The molecule has 1 amide bonds. The normalized spacial score (nSPS) is 12.3. The van der Waals surface area contributed by atoms with Gasteiger partial charge in [0, 0.05) is 11.4 Å². The van der Waals surface area contributed by atoms with E-state index in [1.54, 1.807) is 0 Å². The first-order chi connectivity index (χ1) is 9.20. The molecule has 19 heavy (non-hydrogen) atoms. The number of halogens is 1. The predicted octanol–water partition coefficient (Wildman–Crippen LogP) is 3.67. The Hall–Kier alpha value is -1.35. The first-order valence-corrected chi connectivity index (χ1v) is 7.49. The van der Waals surface area contributed by atoms with Crippen LogP contribution in [0.1, 0.15) is 18.9 Å². The fourth-order valence-corrected chi connectivity index (χ4v) is 2.21. The van der Waals surface area contributed by atoms with E-state index < -0.39 is 0 Å². The molecule has 0 saturated carbocycles. The molecule has 1 atom stereocenters. The van der Waals surface area contributed by atoms with Crippen molar-refractivity contribution >= 4 is 32.6 Å². The summed E-state index contributed by atoms with van der Waals surface area (Å²) in [6, 6.07) is 14.3. The van der Waals surface area contributed by atoms with Crippen molar-refractivity contribution in [2.45, 2.75) is 24.6 Å². The molecule has 0 saturated heterocycles. The summed E-state index contributed by atoms with van der Waals surface area (Å²) >= 11 is 3.52. The minimum atomic E-state index is 0.0780. The van der Waals surface area contributed by atoms with E-state index in [4.69, 9.17) is 0 Å². The molecular formula is C16H18BrNO. The number of hydrogen-bond donors (Lipinski definition) is 1. The number of carbonyl (C=O) groups is 1. The molecule has 2 nitrogen and oxygen atoms in total. The van der Waals surface area contributed by atoms with Gasteiger partial charge in [-0.15, -0.1) is 0 Å². The third kappa shape index (κ3) is 3.80. The number of alkyl halides is 1. The number of rotatable bonds is 5. The predicted molar refractivity (Wildman–Crippen MR) is 83.7 cm³/mol. The van der Waals surface area contributed by atoms with Gasteiger partial charge in [-0.3, -0.25) is 4.79 Å². The summed E-state index contributed by atoms with van der Waals surface area (Å²) in [5, 5.41) is 5.30. The summed E-state index contributed by atoms with van der Waals surface area (Å²) in [4.78, 5) is 12.3. The van der Waals surface area contributed by atoms with Gasteiger partial charge >= 0.3 is 0 Å². The average molecular weight is 320 g/mol. The summed E-state index contributed by atoms with van der Waals surface area (Å²) < 4.78 is 0. The van der Waals surface area contributed by atoms with Crippen LogP contribution in [0.15, 0.2) is 42.5 Å². The molecule has 2 aromatic carbocycles.